The van der Waals surface area contributed by atoms with Crippen LogP contribution in [0, 0.1) is 0 Å². The molecule has 1 aliphatic rings. The standard InChI is InChI=1S/C11H13NO3/c13-11(14)10-12(6-7-15-10)8-9-4-2-1-3-5-9/h1-5,10H,6-8H2,(H,13,14)/t10-/m0/s1. The molecule has 1 aromatic rings. The van der Waals surface area contributed by atoms with Crippen LogP contribution in [-0.2, 0) is 16.1 Å². The number of carbonyl (C=O) groups is 1. The number of hydrogen-bond donors (Lipinski definition) is 1. The van der Waals surface area contributed by atoms with Crippen molar-refractivity contribution in [1.82, 2.24) is 4.90 Å². The first kappa shape index (κ1) is 10.1. The van der Waals surface area contributed by atoms with Crippen molar-refractivity contribution in [2.24, 2.45) is 0 Å². The van der Waals surface area contributed by atoms with Gasteiger partial charge in [-0.2, -0.15) is 0 Å². The number of carboxylic acid groups (broad SMARTS) is 1. The van der Waals surface area contributed by atoms with E-state index in [9.17, 15) is 4.79 Å². The summed E-state index contributed by atoms with van der Waals surface area (Å²) in [5, 5.41) is 8.90. The molecule has 0 bridgehead atoms. The lowest BCUT2D eigenvalue weighted by atomic mass is 10.2. The predicted octanol–water partition coefficient (Wildman–Crippen LogP) is 0.929. The molecule has 0 unspecified atom stereocenters. The van der Waals surface area contributed by atoms with Gasteiger partial charge in [-0.25, -0.2) is 4.79 Å². The molecular weight excluding hydrogens is 194 g/mol. The van der Waals surface area contributed by atoms with E-state index in [1.165, 1.54) is 0 Å². The van der Waals surface area contributed by atoms with Gasteiger partial charge in [0.15, 0.2) is 0 Å². The maximum atomic E-state index is 10.8. The molecule has 1 aliphatic heterocycles. The minimum atomic E-state index is -0.913. The zero-order valence-electron chi connectivity index (χ0n) is 8.30. The lowest BCUT2D eigenvalue weighted by molar-refractivity contribution is -0.154. The van der Waals surface area contributed by atoms with Gasteiger partial charge >= 0.3 is 5.97 Å². The van der Waals surface area contributed by atoms with Crippen LogP contribution in [0.4, 0.5) is 0 Å². The van der Waals surface area contributed by atoms with E-state index in [0.717, 1.165) is 5.56 Å². The third-order valence-corrected chi connectivity index (χ3v) is 2.43. The topological polar surface area (TPSA) is 49.8 Å². The maximum Gasteiger partial charge on any atom is 0.348 e. The molecule has 1 aromatic carbocycles. The average molecular weight is 207 g/mol. The van der Waals surface area contributed by atoms with Crippen LogP contribution in [0.15, 0.2) is 30.3 Å². The molecule has 0 spiro atoms. The first-order chi connectivity index (χ1) is 7.27. The van der Waals surface area contributed by atoms with Gasteiger partial charge in [0.25, 0.3) is 0 Å². The van der Waals surface area contributed by atoms with Crippen molar-refractivity contribution < 1.29 is 14.6 Å². The van der Waals surface area contributed by atoms with Crippen molar-refractivity contribution in [3.05, 3.63) is 35.9 Å². The van der Waals surface area contributed by atoms with Gasteiger partial charge in [0.05, 0.1) is 6.61 Å². The third kappa shape index (κ3) is 2.34. The zero-order valence-corrected chi connectivity index (χ0v) is 8.30. The number of nitrogens with zero attached hydrogens (tertiary/aromatic N) is 1. The summed E-state index contributed by atoms with van der Waals surface area (Å²) in [6.45, 7) is 1.79. The van der Waals surface area contributed by atoms with Crippen LogP contribution in [0.2, 0.25) is 0 Å². The molecule has 1 saturated heterocycles. The van der Waals surface area contributed by atoms with Gasteiger partial charge in [-0.05, 0) is 5.56 Å². The van der Waals surface area contributed by atoms with Crippen molar-refractivity contribution in [3.63, 3.8) is 0 Å². The second kappa shape index (κ2) is 4.42. The lowest BCUT2D eigenvalue weighted by Gasteiger charge is -2.18. The second-order valence-electron chi connectivity index (χ2n) is 3.52. The molecule has 0 aliphatic carbocycles. The van der Waals surface area contributed by atoms with E-state index in [0.29, 0.717) is 19.7 Å². The van der Waals surface area contributed by atoms with Gasteiger partial charge in [-0.15, -0.1) is 0 Å². The molecule has 1 fully saturated rings. The first-order valence-electron chi connectivity index (χ1n) is 4.90. The summed E-state index contributed by atoms with van der Waals surface area (Å²) in [6.07, 6.45) is -0.787. The fourth-order valence-electron chi connectivity index (χ4n) is 1.71. The Balaban J connectivity index is 2.03. The Hall–Kier alpha value is -1.39. The monoisotopic (exact) mass is 207 g/mol. The van der Waals surface area contributed by atoms with Crippen molar-refractivity contribution in [3.8, 4) is 0 Å². The van der Waals surface area contributed by atoms with Crippen LogP contribution < -0.4 is 0 Å². The Labute approximate surface area is 88.1 Å². The van der Waals surface area contributed by atoms with Gasteiger partial charge in [0.1, 0.15) is 0 Å². The summed E-state index contributed by atoms with van der Waals surface area (Å²) in [7, 11) is 0. The van der Waals surface area contributed by atoms with E-state index in [2.05, 4.69) is 0 Å². The summed E-state index contributed by atoms with van der Waals surface area (Å²) in [4.78, 5) is 12.7. The van der Waals surface area contributed by atoms with E-state index >= 15 is 0 Å². The normalized spacial score (nSPS) is 21.7. The molecule has 1 N–H and O–H groups in total. The fourth-order valence-corrected chi connectivity index (χ4v) is 1.71. The summed E-state index contributed by atoms with van der Waals surface area (Å²) in [5.41, 5.74) is 1.11. The predicted molar refractivity (Wildman–Crippen MR) is 54.2 cm³/mol. The van der Waals surface area contributed by atoms with Gasteiger partial charge in [0.2, 0.25) is 6.23 Å². The first-order valence-corrected chi connectivity index (χ1v) is 4.90. The minimum absolute atomic E-state index is 0.490. The molecule has 4 nitrogen and oxygen atoms in total. The van der Waals surface area contributed by atoms with Crippen molar-refractivity contribution in [1.29, 1.82) is 0 Å². The molecule has 15 heavy (non-hydrogen) atoms. The molecule has 80 valence electrons. The maximum absolute atomic E-state index is 10.8. The average Bonchev–Trinajstić information content (AvgIpc) is 2.67. The van der Waals surface area contributed by atoms with E-state index in [-0.39, 0.29) is 0 Å². The smallest absolute Gasteiger partial charge is 0.348 e. The Morgan fingerprint density at radius 1 is 1.47 bits per heavy atom. The Bertz CT molecular complexity index is 339. The number of aliphatic carboxylic acids is 1. The van der Waals surface area contributed by atoms with Crippen LogP contribution >= 0.6 is 0 Å². The summed E-state index contributed by atoms with van der Waals surface area (Å²) >= 11 is 0. The van der Waals surface area contributed by atoms with Crippen LogP contribution in [-0.4, -0.2) is 35.4 Å². The van der Waals surface area contributed by atoms with E-state index in [1.807, 2.05) is 35.2 Å². The molecule has 1 atom stereocenters. The zero-order chi connectivity index (χ0) is 10.7. The SMILES string of the molecule is O=C(O)[C@@H]1OCCN1Cc1ccccc1. The quantitative estimate of drug-likeness (QED) is 0.801. The van der Waals surface area contributed by atoms with Gasteiger partial charge < -0.3 is 9.84 Å². The Morgan fingerprint density at radius 3 is 2.87 bits per heavy atom. The van der Waals surface area contributed by atoms with Crippen molar-refractivity contribution in [2.45, 2.75) is 12.8 Å². The number of rotatable bonds is 3. The fraction of sp³-hybridized carbons (Fsp3) is 0.364. The molecule has 0 aromatic heterocycles. The summed E-state index contributed by atoms with van der Waals surface area (Å²) in [6, 6.07) is 9.80. The largest absolute Gasteiger partial charge is 0.478 e. The minimum Gasteiger partial charge on any atom is -0.478 e. The summed E-state index contributed by atoms with van der Waals surface area (Å²) in [5.74, 6) is -0.913. The highest BCUT2D eigenvalue weighted by Gasteiger charge is 2.31. The molecule has 1 heterocycles. The van der Waals surface area contributed by atoms with Gasteiger partial charge in [-0.3, -0.25) is 4.90 Å². The number of benzene rings is 1. The molecule has 0 saturated carbocycles. The number of hydrogen-bond acceptors (Lipinski definition) is 3. The molecule has 0 radical (unpaired) electrons. The second-order valence-corrected chi connectivity index (χ2v) is 3.52. The van der Waals surface area contributed by atoms with Crippen LogP contribution in [0.25, 0.3) is 0 Å². The van der Waals surface area contributed by atoms with E-state index in [4.69, 9.17) is 9.84 Å². The number of carboxylic acids is 1. The lowest BCUT2D eigenvalue weighted by Crippen LogP contribution is -2.36. The molecular formula is C11H13NO3. The van der Waals surface area contributed by atoms with Crippen LogP contribution in [0.3, 0.4) is 0 Å². The molecule has 2 rings (SSSR count). The van der Waals surface area contributed by atoms with Gasteiger partial charge in [-0.1, -0.05) is 30.3 Å². The van der Waals surface area contributed by atoms with Crippen LogP contribution in [0.1, 0.15) is 5.56 Å². The summed E-state index contributed by atoms with van der Waals surface area (Å²) < 4.78 is 5.13. The third-order valence-electron chi connectivity index (χ3n) is 2.43. The Kier molecular flexibility index (Phi) is 2.99. The van der Waals surface area contributed by atoms with E-state index < -0.39 is 12.2 Å². The van der Waals surface area contributed by atoms with Crippen LogP contribution in [0.5, 0.6) is 0 Å². The van der Waals surface area contributed by atoms with Crippen molar-refractivity contribution in [2.75, 3.05) is 13.2 Å². The van der Waals surface area contributed by atoms with Crippen molar-refractivity contribution >= 4 is 5.97 Å². The van der Waals surface area contributed by atoms with E-state index in [1.54, 1.807) is 0 Å². The number of ether oxygens (including phenoxy) is 1. The Morgan fingerprint density at radius 2 is 2.20 bits per heavy atom. The highest BCUT2D eigenvalue weighted by Crippen LogP contribution is 2.14. The van der Waals surface area contributed by atoms with Gasteiger partial charge in [0, 0.05) is 13.1 Å². The highest BCUT2D eigenvalue weighted by atomic mass is 16.5. The molecule has 0 amide bonds. The highest BCUT2D eigenvalue weighted by molar-refractivity contribution is 5.72. The molecule has 4 heteroatoms.